The second-order valence-electron chi connectivity index (χ2n) is 4.17. The van der Waals surface area contributed by atoms with Crippen molar-refractivity contribution in [2.45, 2.75) is 25.4 Å². The Morgan fingerprint density at radius 2 is 1.95 bits per heavy atom. The summed E-state index contributed by atoms with van der Waals surface area (Å²) in [4.78, 5) is 11.1. The third kappa shape index (κ3) is 5.50. The molecule has 19 heavy (non-hydrogen) atoms. The number of benzene rings is 1. The van der Waals surface area contributed by atoms with E-state index in [4.69, 9.17) is 11.5 Å². The van der Waals surface area contributed by atoms with Crippen molar-refractivity contribution in [3.05, 3.63) is 23.8 Å². The predicted molar refractivity (Wildman–Crippen MR) is 67.8 cm³/mol. The molecule has 0 heterocycles. The van der Waals surface area contributed by atoms with E-state index in [2.05, 4.69) is 5.32 Å². The summed E-state index contributed by atoms with van der Waals surface area (Å²) in [5, 5.41) is 2.92. The van der Waals surface area contributed by atoms with E-state index >= 15 is 0 Å². The van der Waals surface area contributed by atoms with Gasteiger partial charge in [0.05, 0.1) is 5.56 Å². The quantitative estimate of drug-likeness (QED) is 0.551. The minimum absolute atomic E-state index is 0.0636. The Hall–Kier alpha value is -1.92. The van der Waals surface area contributed by atoms with E-state index in [1.165, 1.54) is 12.1 Å². The maximum Gasteiger partial charge on any atom is 0.389 e. The molecule has 1 aromatic carbocycles. The topological polar surface area (TPSA) is 81.1 Å². The van der Waals surface area contributed by atoms with E-state index in [1.807, 2.05) is 0 Å². The highest BCUT2D eigenvalue weighted by atomic mass is 19.4. The Labute approximate surface area is 109 Å². The number of nitrogens with one attached hydrogen (secondary N) is 1. The van der Waals surface area contributed by atoms with Crippen LogP contribution in [0.2, 0.25) is 0 Å². The van der Waals surface area contributed by atoms with Gasteiger partial charge >= 0.3 is 6.18 Å². The number of hydrogen-bond donors (Lipinski definition) is 3. The van der Waals surface area contributed by atoms with Gasteiger partial charge in [0.1, 0.15) is 0 Å². The molecule has 0 aliphatic heterocycles. The molecule has 0 saturated heterocycles. The second kappa shape index (κ2) is 6.31. The van der Waals surface area contributed by atoms with Crippen molar-refractivity contribution in [3.8, 4) is 0 Å². The van der Waals surface area contributed by atoms with Crippen LogP contribution < -0.4 is 16.8 Å². The molecule has 1 aromatic rings. The molecule has 0 aromatic heterocycles. The highest BCUT2D eigenvalue weighted by molar-refractivity contribution is 5.98. The summed E-state index contributed by atoms with van der Waals surface area (Å²) in [5.74, 6) is -0.641. The number of alkyl halides is 3. The summed E-state index contributed by atoms with van der Waals surface area (Å²) in [5.41, 5.74) is 11.8. The zero-order valence-electron chi connectivity index (χ0n) is 10.3. The Balaban J connectivity index is 2.42. The van der Waals surface area contributed by atoms with Gasteiger partial charge in [0.2, 0.25) is 0 Å². The standard InChI is InChI=1S/C12H16F3N3O/c13-12(14,15)5-1-2-6-18-8-3-4-10(16)9(7-8)11(17)19/h3-4,7,18H,1-2,5-6,16H2,(H2,17,19). The van der Waals surface area contributed by atoms with Crippen molar-refractivity contribution in [1.29, 1.82) is 0 Å². The Kier molecular flexibility index (Phi) is 5.02. The number of unbranched alkanes of at least 4 members (excludes halogenated alkanes) is 1. The first kappa shape index (κ1) is 15.1. The third-order valence-corrected chi connectivity index (χ3v) is 2.53. The number of primary amides is 1. The van der Waals surface area contributed by atoms with E-state index in [-0.39, 0.29) is 17.7 Å². The lowest BCUT2D eigenvalue weighted by Gasteiger charge is -2.09. The molecule has 0 saturated carbocycles. The largest absolute Gasteiger partial charge is 0.398 e. The maximum atomic E-state index is 11.9. The van der Waals surface area contributed by atoms with Crippen LogP contribution in [-0.4, -0.2) is 18.6 Å². The molecule has 5 N–H and O–H groups in total. The second-order valence-corrected chi connectivity index (χ2v) is 4.17. The van der Waals surface area contributed by atoms with Gasteiger partial charge in [0, 0.05) is 24.3 Å². The van der Waals surface area contributed by atoms with E-state index in [0.29, 0.717) is 18.7 Å². The lowest BCUT2D eigenvalue weighted by molar-refractivity contribution is -0.135. The van der Waals surface area contributed by atoms with Crippen LogP contribution in [0.3, 0.4) is 0 Å². The van der Waals surface area contributed by atoms with Gasteiger partial charge in [0.25, 0.3) is 5.91 Å². The average Bonchev–Trinajstić information content (AvgIpc) is 2.29. The van der Waals surface area contributed by atoms with Crippen LogP contribution in [0.5, 0.6) is 0 Å². The van der Waals surface area contributed by atoms with Crippen molar-refractivity contribution < 1.29 is 18.0 Å². The van der Waals surface area contributed by atoms with Crippen LogP contribution in [0, 0.1) is 0 Å². The normalized spacial score (nSPS) is 11.3. The fourth-order valence-corrected chi connectivity index (χ4v) is 1.56. The number of anilines is 2. The van der Waals surface area contributed by atoms with Gasteiger partial charge in [-0.2, -0.15) is 13.2 Å². The minimum Gasteiger partial charge on any atom is -0.398 e. The van der Waals surface area contributed by atoms with Gasteiger partial charge in [-0.05, 0) is 31.0 Å². The Morgan fingerprint density at radius 3 is 2.53 bits per heavy atom. The molecule has 1 rings (SSSR count). The van der Waals surface area contributed by atoms with Gasteiger partial charge in [-0.15, -0.1) is 0 Å². The van der Waals surface area contributed by atoms with E-state index in [9.17, 15) is 18.0 Å². The summed E-state index contributed by atoms with van der Waals surface area (Å²) in [7, 11) is 0. The summed E-state index contributed by atoms with van der Waals surface area (Å²) >= 11 is 0. The third-order valence-electron chi connectivity index (χ3n) is 2.53. The van der Waals surface area contributed by atoms with Crippen LogP contribution in [0.15, 0.2) is 18.2 Å². The smallest absolute Gasteiger partial charge is 0.389 e. The number of nitrogens with two attached hydrogens (primary N) is 2. The van der Waals surface area contributed by atoms with Crippen molar-refractivity contribution in [2.75, 3.05) is 17.6 Å². The first-order chi connectivity index (χ1) is 8.79. The summed E-state index contributed by atoms with van der Waals surface area (Å²) in [6.07, 6.45) is -4.45. The molecule has 0 fully saturated rings. The van der Waals surface area contributed by atoms with Crippen molar-refractivity contribution in [3.63, 3.8) is 0 Å². The molecular formula is C12H16F3N3O. The molecule has 0 radical (unpaired) electrons. The van der Waals surface area contributed by atoms with Crippen LogP contribution in [0.4, 0.5) is 24.5 Å². The Bertz CT molecular complexity index is 446. The first-order valence-corrected chi connectivity index (χ1v) is 5.79. The number of amides is 1. The average molecular weight is 275 g/mol. The number of carbonyl (C=O) groups is 1. The molecular weight excluding hydrogens is 259 g/mol. The highest BCUT2D eigenvalue weighted by Gasteiger charge is 2.25. The monoisotopic (exact) mass is 275 g/mol. The molecule has 0 aliphatic carbocycles. The molecule has 0 unspecified atom stereocenters. The van der Waals surface area contributed by atoms with Crippen LogP contribution in [0.25, 0.3) is 0 Å². The van der Waals surface area contributed by atoms with Gasteiger partial charge in [-0.25, -0.2) is 0 Å². The summed E-state index contributed by atoms with van der Waals surface area (Å²) in [6, 6.07) is 4.66. The molecule has 0 atom stereocenters. The highest BCUT2D eigenvalue weighted by Crippen LogP contribution is 2.22. The summed E-state index contributed by atoms with van der Waals surface area (Å²) < 4.78 is 35.7. The first-order valence-electron chi connectivity index (χ1n) is 5.79. The minimum atomic E-state index is -4.11. The molecule has 0 aliphatic rings. The molecule has 106 valence electrons. The van der Waals surface area contributed by atoms with E-state index < -0.39 is 18.5 Å². The fraction of sp³-hybridized carbons (Fsp3) is 0.417. The lowest BCUT2D eigenvalue weighted by Crippen LogP contribution is -2.14. The zero-order chi connectivity index (χ0) is 14.5. The van der Waals surface area contributed by atoms with Gasteiger partial charge in [-0.3, -0.25) is 4.79 Å². The van der Waals surface area contributed by atoms with Crippen LogP contribution in [-0.2, 0) is 0 Å². The van der Waals surface area contributed by atoms with E-state index in [1.54, 1.807) is 6.07 Å². The molecule has 0 spiro atoms. The van der Waals surface area contributed by atoms with Crippen molar-refractivity contribution in [2.24, 2.45) is 5.73 Å². The van der Waals surface area contributed by atoms with Crippen molar-refractivity contribution >= 4 is 17.3 Å². The van der Waals surface area contributed by atoms with Gasteiger partial charge in [0.15, 0.2) is 0 Å². The number of hydrogen-bond acceptors (Lipinski definition) is 3. The number of halogens is 3. The number of nitrogen functional groups attached to an aromatic ring is 1. The maximum absolute atomic E-state index is 11.9. The number of carbonyl (C=O) groups excluding carboxylic acids is 1. The molecule has 0 bridgehead atoms. The molecule has 1 amide bonds. The van der Waals surface area contributed by atoms with Crippen LogP contribution >= 0.6 is 0 Å². The van der Waals surface area contributed by atoms with Gasteiger partial charge in [-0.1, -0.05) is 0 Å². The van der Waals surface area contributed by atoms with Crippen LogP contribution in [0.1, 0.15) is 29.6 Å². The van der Waals surface area contributed by atoms with Crippen molar-refractivity contribution in [1.82, 2.24) is 0 Å². The van der Waals surface area contributed by atoms with E-state index in [0.717, 1.165) is 0 Å². The lowest BCUT2D eigenvalue weighted by atomic mass is 10.1. The summed E-state index contributed by atoms with van der Waals surface area (Å²) in [6.45, 7) is 0.387. The molecule has 4 nitrogen and oxygen atoms in total. The number of rotatable bonds is 6. The molecule has 7 heteroatoms. The van der Waals surface area contributed by atoms with Gasteiger partial charge < -0.3 is 16.8 Å². The SMILES string of the molecule is NC(=O)c1cc(NCCCCC(F)(F)F)ccc1N. The predicted octanol–water partition coefficient (Wildman–Crippen LogP) is 2.51. The fourth-order valence-electron chi connectivity index (χ4n) is 1.56. The zero-order valence-corrected chi connectivity index (χ0v) is 10.3. The Morgan fingerprint density at radius 1 is 1.26 bits per heavy atom.